The van der Waals surface area contributed by atoms with Gasteiger partial charge >= 0.3 is 0 Å². The van der Waals surface area contributed by atoms with E-state index in [4.69, 9.17) is 4.98 Å². The number of aryl methyl sites for hydroxylation is 1. The molecule has 1 aliphatic heterocycles. The number of aromatic nitrogens is 3. The predicted molar refractivity (Wildman–Crippen MR) is 98.3 cm³/mol. The average molecular weight is 332 g/mol. The summed E-state index contributed by atoms with van der Waals surface area (Å²) in [6, 6.07) is 10.6. The average Bonchev–Trinajstić information content (AvgIpc) is 3.03. The van der Waals surface area contributed by atoms with Gasteiger partial charge in [-0.25, -0.2) is 9.97 Å². The fourth-order valence-corrected chi connectivity index (χ4v) is 3.40. The number of piperidine rings is 1. The van der Waals surface area contributed by atoms with Gasteiger partial charge in [-0.2, -0.15) is 5.26 Å². The van der Waals surface area contributed by atoms with Crippen molar-refractivity contribution in [3.8, 4) is 17.3 Å². The van der Waals surface area contributed by atoms with Gasteiger partial charge in [-0.1, -0.05) is 18.2 Å². The lowest BCUT2D eigenvalue weighted by atomic mass is 10.1. The van der Waals surface area contributed by atoms with Gasteiger partial charge in [-0.15, -0.1) is 0 Å². The minimum atomic E-state index is 0.433. The van der Waals surface area contributed by atoms with Crippen LogP contribution >= 0.6 is 0 Å². The number of benzene rings is 1. The van der Waals surface area contributed by atoms with Crippen molar-refractivity contribution < 1.29 is 0 Å². The van der Waals surface area contributed by atoms with Crippen LogP contribution in [0.3, 0.4) is 0 Å². The normalized spacial score (nSPS) is 15.2. The zero-order chi connectivity index (χ0) is 17.2. The van der Waals surface area contributed by atoms with E-state index < -0.39 is 0 Å². The quantitative estimate of drug-likeness (QED) is 0.686. The maximum absolute atomic E-state index is 9.47. The molecule has 0 radical (unpaired) electrons. The van der Waals surface area contributed by atoms with Crippen molar-refractivity contribution in [1.29, 1.82) is 5.26 Å². The van der Waals surface area contributed by atoms with E-state index in [9.17, 15) is 5.26 Å². The Balaban J connectivity index is 1.70. The van der Waals surface area contributed by atoms with Crippen LogP contribution < -0.4 is 10.6 Å². The highest BCUT2D eigenvalue weighted by molar-refractivity contribution is 5.97. The number of rotatable bonds is 3. The molecule has 4 rings (SSSR count). The molecule has 1 saturated heterocycles. The van der Waals surface area contributed by atoms with Crippen molar-refractivity contribution in [2.75, 3.05) is 18.4 Å². The van der Waals surface area contributed by atoms with Gasteiger partial charge in [0.15, 0.2) is 0 Å². The van der Waals surface area contributed by atoms with Crippen molar-refractivity contribution in [3.05, 3.63) is 41.9 Å². The lowest BCUT2D eigenvalue weighted by Gasteiger charge is -2.24. The van der Waals surface area contributed by atoms with Gasteiger partial charge in [-0.3, -0.25) is 0 Å². The highest BCUT2D eigenvalue weighted by Gasteiger charge is 2.18. The minimum absolute atomic E-state index is 0.433. The van der Waals surface area contributed by atoms with E-state index in [-0.39, 0.29) is 0 Å². The van der Waals surface area contributed by atoms with Crippen molar-refractivity contribution >= 4 is 16.7 Å². The van der Waals surface area contributed by atoms with Gasteiger partial charge < -0.3 is 15.6 Å². The fraction of sp³-hybridized carbons (Fsp3) is 0.316. The van der Waals surface area contributed by atoms with Crippen molar-refractivity contribution in [2.24, 2.45) is 0 Å². The van der Waals surface area contributed by atoms with Crippen LogP contribution in [0.15, 0.2) is 30.5 Å². The number of nitriles is 1. The summed E-state index contributed by atoms with van der Waals surface area (Å²) < 4.78 is 0. The van der Waals surface area contributed by atoms with E-state index in [1.54, 1.807) is 6.20 Å². The summed E-state index contributed by atoms with van der Waals surface area (Å²) in [4.78, 5) is 12.5. The molecule has 0 saturated carbocycles. The van der Waals surface area contributed by atoms with Crippen LogP contribution in [-0.2, 0) is 0 Å². The molecular weight excluding hydrogens is 312 g/mol. The van der Waals surface area contributed by atoms with Gasteiger partial charge in [0, 0.05) is 22.5 Å². The molecule has 3 N–H and O–H groups in total. The van der Waals surface area contributed by atoms with Crippen molar-refractivity contribution in [2.45, 2.75) is 25.8 Å². The van der Waals surface area contributed by atoms with Crippen molar-refractivity contribution in [1.82, 2.24) is 20.3 Å². The van der Waals surface area contributed by atoms with Crippen LogP contribution in [0.1, 0.15) is 24.2 Å². The molecule has 1 aromatic carbocycles. The SMILES string of the molecule is Cc1nc(-c2c(C#N)[nH]c3ccccc23)cnc1NC1CCNCC1. The number of H-pyrrole nitrogens is 1. The molecule has 0 aliphatic carbocycles. The summed E-state index contributed by atoms with van der Waals surface area (Å²) >= 11 is 0. The molecule has 0 spiro atoms. The van der Waals surface area contributed by atoms with Gasteiger partial charge in [0.25, 0.3) is 0 Å². The number of anilines is 1. The maximum Gasteiger partial charge on any atom is 0.147 e. The maximum atomic E-state index is 9.47. The van der Waals surface area contributed by atoms with E-state index in [1.165, 1.54) is 0 Å². The molecule has 0 atom stereocenters. The molecule has 0 unspecified atom stereocenters. The lowest BCUT2D eigenvalue weighted by Crippen LogP contribution is -2.35. The van der Waals surface area contributed by atoms with Gasteiger partial charge in [0.2, 0.25) is 0 Å². The Labute approximate surface area is 146 Å². The molecule has 2 aromatic heterocycles. The standard InChI is InChI=1S/C19H20N6/c1-12-19(24-13-6-8-21-9-7-13)22-11-17(23-12)18-14-4-2-3-5-15(14)25-16(18)10-20/h2-5,11,13,21,25H,6-9H2,1H3,(H,22,24). The number of nitrogens with zero attached hydrogens (tertiary/aromatic N) is 3. The van der Waals surface area contributed by atoms with E-state index in [0.29, 0.717) is 11.7 Å². The van der Waals surface area contributed by atoms with Gasteiger partial charge in [0.05, 0.1) is 17.6 Å². The third-order valence-electron chi connectivity index (χ3n) is 4.70. The second kappa shape index (κ2) is 6.54. The summed E-state index contributed by atoms with van der Waals surface area (Å²) in [7, 11) is 0. The first-order valence-corrected chi connectivity index (χ1v) is 8.58. The summed E-state index contributed by atoms with van der Waals surface area (Å²) in [5, 5.41) is 17.3. The summed E-state index contributed by atoms with van der Waals surface area (Å²) in [5.74, 6) is 0.828. The first-order valence-electron chi connectivity index (χ1n) is 8.58. The molecule has 0 amide bonds. The third-order valence-corrected chi connectivity index (χ3v) is 4.70. The smallest absolute Gasteiger partial charge is 0.147 e. The summed E-state index contributed by atoms with van der Waals surface area (Å²) in [6.07, 6.45) is 3.93. The minimum Gasteiger partial charge on any atom is -0.366 e. The monoisotopic (exact) mass is 332 g/mol. The molecule has 126 valence electrons. The Morgan fingerprint density at radius 1 is 1.24 bits per heavy atom. The first-order chi connectivity index (χ1) is 12.3. The van der Waals surface area contributed by atoms with Crippen LogP contribution in [0.4, 0.5) is 5.82 Å². The Kier molecular flexibility index (Phi) is 4.08. The fourth-order valence-electron chi connectivity index (χ4n) is 3.40. The summed E-state index contributed by atoms with van der Waals surface area (Å²) in [5.41, 5.74) is 3.86. The van der Waals surface area contributed by atoms with Crippen LogP contribution in [0.5, 0.6) is 0 Å². The topological polar surface area (TPSA) is 89.4 Å². The number of para-hydroxylation sites is 1. The van der Waals surface area contributed by atoms with E-state index >= 15 is 0 Å². The van der Waals surface area contributed by atoms with E-state index in [0.717, 1.165) is 59.6 Å². The second-order valence-electron chi connectivity index (χ2n) is 6.39. The molecule has 1 aliphatic rings. The molecule has 0 bridgehead atoms. The number of nitrogens with one attached hydrogen (secondary N) is 3. The summed E-state index contributed by atoms with van der Waals surface area (Å²) in [6.45, 7) is 4.02. The Bertz CT molecular complexity index is 946. The molecule has 3 aromatic rings. The van der Waals surface area contributed by atoms with Crippen LogP contribution in [0.25, 0.3) is 22.2 Å². The largest absolute Gasteiger partial charge is 0.366 e. The number of aromatic amines is 1. The van der Waals surface area contributed by atoms with Gasteiger partial charge in [0.1, 0.15) is 17.6 Å². The zero-order valence-electron chi connectivity index (χ0n) is 14.1. The Morgan fingerprint density at radius 3 is 2.80 bits per heavy atom. The number of hydrogen-bond donors (Lipinski definition) is 3. The van der Waals surface area contributed by atoms with Crippen LogP contribution in [-0.4, -0.2) is 34.1 Å². The molecule has 6 heteroatoms. The molecule has 3 heterocycles. The van der Waals surface area contributed by atoms with E-state index in [1.807, 2.05) is 31.2 Å². The number of fused-ring (bicyclic) bond motifs is 1. The lowest BCUT2D eigenvalue weighted by molar-refractivity contribution is 0.478. The van der Waals surface area contributed by atoms with Gasteiger partial charge in [-0.05, 0) is 38.9 Å². The molecule has 25 heavy (non-hydrogen) atoms. The highest BCUT2D eigenvalue weighted by atomic mass is 15.1. The zero-order valence-corrected chi connectivity index (χ0v) is 14.1. The van der Waals surface area contributed by atoms with Crippen LogP contribution in [0, 0.1) is 18.3 Å². The molecular formula is C19H20N6. The first kappa shape index (κ1) is 15.6. The van der Waals surface area contributed by atoms with Crippen LogP contribution in [0.2, 0.25) is 0 Å². The van der Waals surface area contributed by atoms with Crippen molar-refractivity contribution in [3.63, 3.8) is 0 Å². The predicted octanol–water partition coefficient (Wildman–Crippen LogP) is 2.97. The molecule has 6 nitrogen and oxygen atoms in total. The molecule has 1 fully saturated rings. The Morgan fingerprint density at radius 2 is 2.04 bits per heavy atom. The van der Waals surface area contributed by atoms with E-state index in [2.05, 4.69) is 26.7 Å². The highest BCUT2D eigenvalue weighted by Crippen LogP contribution is 2.31. The number of hydrogen-bond acceptors (Lipinski definition) is 5. The third kappa shape index (κ3) is 2.94. The second-order valence-corrected chi connectivity index (χ2v) is 6.39. The Hall–Kier alpha value is -2.91.